The molecule has 4 heteroatoms. The third-order valence-corrected chi connectivity index (χ3v) is 10.5. The van der Waals surface area contributed by atoms with Crippen molar-refractivity contribution in [3.63, 3.8) is 0 Å². The van der Waals surface area contributed by atoms with Crippen LogP contribution in [0.4, 0.5) is 0 Å². The van der Waals surface area contributed by atoms with Crippen molar-refractivity contribution in [3.8, 4) is 0 Å². The van der Waals surface area contributed by atoms with Crippen molar-refractivity contribution in [3.05, 3.63) is 42.0 Å². The van der Waals surface area contributed by atoms with Gasteiger partial charge in [-0.1, -0.05) is 44.2 Å². The Morgan fingerprint density at radius 3 is 2.58 bits per heavy atom. The van der Waals surface area contributed by atoms with E-state index in [1.54, 1.807) is 6.08 Å². The molecule has 3 aliphatic carbocycles. The van der Waals surface area contributed by atoms with Gasteiger partial charge in [-0.3, -0.25) is 9.59 Å². The molecule has 4 aliphatic rings. The summed E-state index contributed by atoms with van der Waals surface area (Å²) in [6.45, 7) is 5.80. The van der Waals surface area contributed by atoms with Gasteiger partial charge in [0.25, 0.3) is 0 Å². The molecule has 178 valence electrons. The standard InChI is InChI=1S/C29H40N2O2/c1-28-17-15-24-22(11-13-25-29(24,2)18-16-27(33)31(25)3)23(28)12-10-21(28)19-30-26(32)14-9-20-7-5-4-6-8-20/h4-9,14,21-25H,10-13,15-19H2,1-3H3,(H,30,32)/t21?,22-,23-,24-,25+,28+,29+/m0/s1. The van der Waals surface area contributed by atoms with E-state index in [1.807, 2.05) is 43.5 Å². The summed E-state index contributed by atoms with van der Waals surface area (Å²) < 4.78 is 0. The molecule has 1 saturated heterocycles. The highest BCUT2D eigenvalue weighted by Gasteiger charge is 2.60. The SMILES string of the molecule is CN1C(=O)CC[C@]2(C)[C@H]3CC[C@]4(C)C(CNC(=O)C=Cc5ccccc5)CC[C@H]4[C@@H]3CC[C@@H]12. The molecule has 1 N–H and O–H groups in total. The summed E-state index contributed by atoms with van der Waals surface area (Å²) in [4.78, 5) is 26.9. The third-order valence-electron chi connectivity index (χ3n) is 10.5. The average Bonchev–Trinajstić information content (AvgIpc) is 3.16. The molecule has 1 aromatic carbocycles. The van der Waals surface area contributed by atoms with Crippen molar-refractivity contribution in [2.45, 2.75) is 71.3 Å². The van der Waals surface area contributed by atoms with Gasteiger partial charge < -0.3 is 10.2 Å². The zero-order valence-corrected chi connectivity index (χ0v) is 20.6. The predicted molar refractivity (Wildman–Crippen MR) is 132 cm³/mol. The molecule has 33 heavy (non-hydrogen) atoms. The molecular formula is C29H40N2O2. The number of hydrogen-bond acceptors (Lipinski definition) is 2. The first-order valence-electron chi connectivity index (χ1n) is 13.1. The Bertz CT molecular complexity index is 927. The second kappa shape index (κ2) is 8.60. The number of benzene rings is 1. The van der Waals surface area contributed by atoms with Crippen molar-refractivity contribution >= 4 is 17.9 Å². The molecule has 3 saturated carbocycles. The van der Waals surface area contributed by atoms with Crippen molar-refractivity contribution in [1.29, 1.82) is 0 Å². The van der Waals surface area contributed by atoms with Gasteiger partial charge in [0, 0.05) is 32.1 Å². The maximum absolute atomic E-state index is 12.5. The van der Waals surface area contributed by atoms with E-state index in [0.717, 1.165) is 49.1 Å². The topological polar surface area (TPSA) is 49.4 Å². The first-order valence-corrected chi connectivity index (χ1v) is 13.1. The second-order valence-corrected chi connectivity index (χ2v) is 11.8. The van der Waals surface area contributed by atoms with E-state index >= 15 is 0 Å². The highest BCUT2D eigenvalue weighted by Crippen LogP contribution is 2.66. The van der Waals surface area contributed by atoms with Crippen LogP contribution >= 0.6 is 0 Å². The molecule has 1 aromatic rings. The van der Waals surface area contributed by atoms with E-state index in [0.29, 0.717) is 23.3 Å². The number of carbonyl (C=O) groups is 2. The fourth-order valence-electron chi connectivity index (χ4n) is 8.61. The highest BCUT2D eigenvalue weighted by atomic mass is 16.2. The van der Waals surface area contributed by atoms with Gasteiger partial charge in [-0.05, 0) is 91.1 Å². The quantitative estimate of drug-likeness (QED) is 0.636. The number of nitrogens with one attached hydrogen (secondary N) is 1. The monoisotopic (exact) mass is 448 g/mol. The van der Waals surface area contributed by atoms with Gasteiger partial charge in [0.2, 0.25) is 11.8 Å². The van der Waals surface area contributed by atoms with Gasteiger partial charge >= 0.3 is 0 Å². The van der Waals surface area contributed by atoms with Crippen LogP contribution in [0.1, 0.15) is 70.8 Å². The van der Waals surface area contributed by atoms with Crippen LogP contribution in [0.2, 0.25) is 0 Å². The van der Waals surface area contributed by atoms with Crippen LogP contribution in [0.3, 0.4) is 0 Å². The van der Waals surface area contributed by atoms with Gasteiger partial charge in [0.1, 0.15) is 0 Å². The number of likely N-dealkylation sites (tertiary alicyclic amines) is 1. The summed E-state index contributed by atoms with van der Waals surface area (Å²) in [6, 6.07) is 10.4. The van der Waals surface area contributed by atoms with E-state index in [4.69, 9.17) is 0 Å². The molecule has 1 aliphatic heterocycles. The maximum Gasteiger partial charge on any atom is 0.244 e. The molecule has 4 nitrogen and oxygen atoms in total. The Kier molecular flexibility index (Phi) is 5.91. The zero-order valence-electron chi connectivity index (χ0n) is 20.6. The number of rotatable bonds is 4. The Morgan fingerprint density at radius 1 is 1.03 bits per heavy atom. The maximum atomic E-state index is 12.5. The van der Waals surface area contributed by atoms with Crippen molar-refractivity contribution in [1.82, 2.24) is 10.2 Å². The Hall–Kier alpha value is -2.10. The molecule has 7 atom stereocenters. The lowest BCUT2D eigenvalue weighted by Crippen LogP contribution is -2.61. The average molecular weight is 449 g/mol. The summed E-state index contributed by atoms with van der Waals surface area (Å²) in [6.07, 6.45) is 12.9. The summed E-state index contributed by atoms with van der Waals surface area (Å²) in [5, 5.41) is 3.22. The van der Waals surface area contributed by atoms with Gasteiger partial charge in [0.15, 0.2) is 0 Å². The lowest BCUT2D eigenvalue weighted by Gasteiger charge is -2.61. The van der Waals surface area contributed by atoms with Crippen LogP contribution in [-0.2, 0) is 9.59 Å². The minimum atomic E-state index is 0.0162. The molecule has 0 aromatic heterocycles. The number of fused-ring (bicyclic) bond motifs is 5. The number of amides is 2. The fraction of sp³-hybridized carbons (Fsp3) is 0.655. The molecule has 0 bridgehead atoms. The molecule has 0 spiro atoms. The van der Waals surface area contributed by atoms with Crippen LogP contribution < -0.4 is 5.32 Å². The van der Waals surface area contributed by atoms with Gasteiger partial charge in [-0.25, -0.2) is 0 Å². The predicted octanol–water partition coefficient (Wildman–Crippen LogP) is 5.30. The molecule has 1 unspecified atom stereocenters. The van der Waals surface area contributed by atoms with Crippen LogP contribution in [0.25, 0.3) is 6.08 Å². The highest BCUT2D eigenvalue weighted by molar-refractivity contribution is 5.91. The number of hydrogen-bond donors (Lipinski definition) is 1. The van der Waals surface area contributed by atoms with E-state index in [9.17, 15) is 9.59 Å². The minimum absolute atomic E-state index is 0.0162. The van der Waals surface area contributed by atoms with Crippen molar-refractivity contribution in [2.75, 3.05) is 13.6 Å². The summed E-state index contributed by atoms with van der Waals surface area (Å²) >= 11 is 0. The Morgan fingerprint density at radius 2 is 1.79 bits per heavy atom. The summed E-state index contributed by atoms with van der Waals surface area (Å²) in [5.74, 6) is 3.21. The van der Waals surface area contributed by atoms with Gasteiger partial charge in [0.05, 0.1) is 0 Å². The first kappa shape index (κ1) is 22.7. The van der Waals surface area contributed by atoms with E-state index in [1.165, 1.54) is 32.1 Å². The molecule has 0 radical (unpaired) electrons. The lowest BCUT2D eigenvalue weighted by atomic mass is 9.47. The molecule has 2 amide bonds. The summed E-state index contributed by atoms with van der Waals surface area (Å²) in [7, 11) is 2.04. The third kappa shape index (κ3) is 3.84. The number of carbonyl (C=O) groups excluding carboxylic acids is 2. The van der Waals surface area contributed by atoms with Crippen molar-refractivity contribution < 1.29 is 9.59 Å². The van der Waals surface area contributed by atoms with Crippen LogP contribution in [0.15, 0.2) is 36.4 Å². The smallest absolute Gasteiger partial charge is 0.244 e. The minimum Gasteiger partial charge on any atom is -0.352 e. The number of nitrogens with zero attached hydrogens (tertiary/aromatic N) is 1. The largest absolute Gasteiger partial charge is 0.352 e. The molecule has 1 heterocycles. The first-order chi connectivity index (χ1) is 15.8. The molecular weight excluding hydrogens is 408 g/mol. The fourth-order valence-corrected chi connectivity index (χ4v) is 8.61. The van der Waals surface area contributed by atoms with Gasteiger partial charge in [-0.15, -0.1) is 0 Å². The van der Waals surface area contributed by atoms with E-state index in [2.05, 4.69) is 24.1 Å². The normalized spacial score (nSPS) is 40.3. The van der Waals surface area contributed by atoms with Crippen molar-refractivity contribution in [2.24, 2.45) is 34.5 Å². The zero-order chi connectivity index (χ0) is 23.2. The van der Waals surface area contributed by atoms with E-state index in [-0.39, 0.29) is 11.3 Å². The van der Waals surface area contributed by atoms with Crippen LogP contribution in [0.5, 0.6) is 0 Å². The Labute approximate surface area is 199 Å². The Balaban J connectivity index is 1.24. The lowest BCUT2D eigenvalue weighted by molar-refractivity contribution is -0.158. The van der Waals surface area contributed by atoms with E-state index < -0.39 is 0 Å². The summed E-state index contributed by atoms with van der Waals surface area (Å²) in [5.41, 5.74) is 1.66. The molecule has 5 rings (SSSR count). The molecule has 4 fully saturated rings. The second-order valence-electron chi connectivity index (χ2n) is 11.8. The van der Waals surface area contributed by atoms with Crippen LogP contribution in [-0.4, -0.2) is 36.3 Å². The van der Waals surface area contributed by atoms with Gasteiger partial charge in [-0.2, -0.15) is 0 Å². The number of piperidine rings is 1. The van der Waals surface area contributed by atoms with Crippen LogP contribution in [0, 0.1) is 34.5 Å².